The van der Waals surface area contributed by atoms with Gasteiger partial charge in [0.2, 0.25) is 0 Å². The molecule has 0 aromatic heterocycles. The molecule has 0 bridgehead atoms. The third-order valence-electron chi connectivity index (χ3n) is 11.3. The first-order valence-electron chi connectivity index (χ1n) is 25.6. The van der Waals surface area contributed by atoms with Crippen molar-refractivity contribution in [2.75, 3.05) is 0 Å². The van der Waals surface area contributed by atoms with Crippen LogP contribution in [0.15, 0.2) is 0 Å². The summed E-state index contributed by atoms with van der Waals surface area (Å²) in [6, 6.07) is 0. The second kappa shape index (κ2) is 65.6. The molecule has 1 heteroatoms. The molecule has 0 fully saturated rings. The molecule has 0 aromatic carbocycles. The van der Waals surface area contributed by atoms with E-state index in [0.29, 0.717) is 0 Å². The molecule has 0 aromatic rings. The molecule has 0 atom stereocenters. The van der Waals surface area contributed by atoms with Crippen molar-refractivity contribution < 1.29 is 22.4 Å². The van der Waals surface area contributed by atoms with Crippen LogP contribution in [-0.2, 0) is 22.4 Å². The van der Waals surface area contributed by atoms with Gasteiger partial charge >= 0.3 is 0 Å². The maximum absolute atomic E-state index is 3.92. The molecule has 335 valence electrons. The van der Waals surface area contributed by atoms with Crippen LogP contribution in [-0.4, -0.2) is 0 Å². The summed E-state index contributed by atoms with van der Waals surface area (Å²) >= 11 is 0. The number of hydrogen-bond acceptors (Lipinski definition) is 0. The topological polar surface area (TPSA) is 0 Å². The molecular weight excluding hydrogens is 744 g/mol. The first-order valence-corrected chi connectivity index (χ1v) is 25.6. The van der Waals surface area contributed by atoms with Crippen LogP contribution in [0.4, 0.5) is 0 Å². The van der Waals surface area contributed by atoms with Gasteiger partial charge in [0.05, 0.1) is 0 Å². The normalized spacial score (nSPS) is 10.8. The van der Waals surface area contributed by atoms with Crippen LogP contribution in [0.1, 0.15) is 323 Å². The first-order chi connectivity index (χ1) is 26.2. The van der Waals surface area contributed by atoms with Crippen molar-refractivity contribution in [3.63, 3.8) is 0 Å². The van der Waals surface area contributed by atoms with Gasteiger partial charge in [-0.05, 0) is 0 Å². The predicted molar refractivity (Wildman–Crippen MR) is 250 cm³/mol. The Hall–Kier alpha value is 0.740. The fraction of sp³-hybridized carbons (Fsp3) is 0.943. The van der Waals surface area contributed by atoms with E-state index in [1.807, 2.05) is 0 Å². The molecule has 0 aliphatic carbocycles. The molecule has 0 aliphatic heterocycles. The van der Waals surface area contributed by atoms with E-state index in [1.54, 1.807) is 0 Å². The molecule has 0 aliphatic rings. The predicted octanol–water partition coefficient (Wildman–Crippen LogP) is 20.9. The Balaban J connectivity index is -0.000000411. The van der Waals surface area contributed by atoms with Crippen LogP contribution in [0, 0.1) is 20.8 Å². The summed E-state index contributed by atoms with van der Waals surface area (Å²) in [7, 11) is 0. The van der Waals surface area contributed by atoms with E-state index < -0.39 is 0 Å². The van der Waals surface area contributed by atoms with Crippen molar-refractivity contribution in [3.05, 3.63) is 20.8 Å². The number of hydrogen-bond donors (Lipinski definition) is 0. The maximum Gasteiger partial charge on any atom is 0 e. The van der Waals surface area contributed by atoms with Crippen LogP contribution >= 0.6 is 0 Å². The van der Waals surface area contributed by atoms with E-state index >= 15 is 0 Å². The molecule has 0 saturated heterocycles. The monoisotopic (exact) mass is 853 g/mol. The van der Waals surface area contributed by atoms with Gasteiger partial charge < -0.3 is 20.8 Å². The standard InChI is InChI=1S/C29H59.C13H27.C11H23.Ag/c1-3-5-7-9-11-13-15-17-19-21-23-25-27-29-28-26-24-22-20-18-16-14-12-10-8-6-4-2;1-3-5-7-9-11-13-12-10-8-6-4-2;1-3-5-7-9-11-10-8-6-4-2;/h1,3-29H2,2H3;1,3-13H2,2H3;1,3-11H2,2H3;/q3*-1;. The van der Waals surface area contributed by atoms with E-state index in [4.69, 9.17) is 0 Å². The largest absolute Gasteiger partial charge is 0.343 e. The Morgan fingerprint density at radius 2 is 0.259 bits per heavy atom. The second-order valence-corrected chi connectivity index (χ2v) is 17.1. The van der Waals surface area contributed by atoms with Gasteiger partial charge in [-0.2, -0.15) is 19.3 Å². The summed E-state index contributed by atoms with van der Waals surface area (Å²) in [5.74, 6) is 0. The second-order valence-electron chi connectivity index (χ2n) is 17.1. The molecule has 0 saturated carbocycles. The van der Waals surface area contributed by atoms with Gasteiger partial charge in [-0.1, -0.05) is 303 Å². The van der Waals surface area contributed by atoms with E-state index in [1.165, 1.54) is 283 Å². The third-order valence-corrected chi connectivity index (χ3v) is 11.3. The SMILES string of the molecule is [Ag].[CH2-]CCCCCCCCCC.[CH2-]CCCCCCCCCCCC.[CH2-]CCCCCCCCCCCCCCCCCCCCCCCCCCCC. The Labute approximate surface area is 363 Å². The quantitative estimate of drug-likeness (QED) is 0.0325. The fourth-order valence-corrected chi connectivity index (χ4v) is 7.47. The average molecular weight is 854 g/mol. The van der Waals surface area contributed by atoms with E-state index in [2.05, 4.69) is 41.5 Å². The van der Waals surface area contributed by atoms with Gasteiger partial charge in [0, 0.05) is 22.4 Å². The van der Waals surface area contributed by atoms with Crippen LogP contribution in [0.2, 0.25) is 0 Å². The van der Waals surface area contributed by atoms with Crippen molar-refractivity contribution in [2.45, 2.75) is 323 Å². The Bertz CT molecular complexity index is 485. The molecule has 54 heavy (non-hydrogen) atoms. The van der Waals surface area contributed by atoms with Gasteiger partial charge in [0.25, 0.3) is 0 Å². The molecule has 0 heterocycles. The Morgan fingerprint density at radius 1 is 0.167 bits per heavy atom. The van der Waals surface area contributed by atoms with Gasteiger partial charge in [0.15, 0.2) is 0 Å². The number of rotatable bonds is 44. The Morgan fingerprint density at radius 3 is 0.352 bits per heavy atom. The zero-order valence-corrected chi connectivity index (χ0v) is 40.1. The van der Waals surface area contributed by atoms with E-state index in [-0.39, 0.29) is 22.4 Å². The summed E-state index contributed by atoms with van der Waals surface area (Å²) in [5, 5.41) is 0. The third kappa shape index (κ3) is 70.5. The summed E-state index contributed by atoms with van der Waals surface area (Å²) in [4.78, 5) is 0. The number of unbranched alkanes of at least 4 members (excludes halogenated alkanes) is 44. The van der Waals surface area contributed by atoms with Crippen LogP contribution < -0.4 is 0 Å². The van der Waals surface area contributed by atoms with Gasteiger partial charge in [-0.15, -0.1) is 0 Å². The average Bonchev–Trinajstić information content (AvgIpc) is 3.17. The minimum absolute atomic E-state index is 0. The van der Waals surface area contributed by atoms with E-state index in [0.717, 1.165) is 19.3 Å². The van der Waals surface area contributed by atoms with Crippen LogP contribution in [0.3, 0.4) is 0 Å². The minimum atomic E-state index is 0. The fourth-order valence-electron chi connectivity index (χ4n) is 7.47. The van der Waals surface area contributed by atoms with Crippen molar-refractivity contribution in [2.24, 2.45) is 0 Å². The summed E-state index contributed by atoms with van der Waals surface area (Å²) in [6.07, 6.45) is 67.1. The van der Waals surface area contributed by atoms with Crippen molar-refractivity contribution >= 4 is 0 Å². The smallest absolute Gasteiger partial charge is 0 e. The molecule has 0 spiro atoms. The minimum Gasteiger partial charge on any atom is -0.343 e. The summed E-state index contributed by atoms with van der Waals surface area (Å²) in [5.41, 5.74) is 0. The van der Waals surface area contributed by atoms with Crippen molar-refractivity contribution in [3.8, 4) is 0 Å². The summed E-state index contributed by atoms with van der Waals surface area (Å²) < 4.78 is 0. The van der Waals surface area contributed by atoms with Crippen molar-refractivity contribution in [1.82, 2.24) is 0 Å². The van der Waals surface area contributed by atoms with Gasteiger partial charge in [-0.3, -0.25) is 0 Å². The Kier molecular flexibility index (Phi) is 74.6. The van der Waals surface area contributed by atoms with Gasteiger partial charge in [-0.25, -0.2) is 0 Å². The summed E-state index contributed by atoms with van der Waals surface area (Å²) in [6.45, 7) is 18.4. The molecule has 0 rings (SSSR count). The van der Waals surface area contributed by atoms with Crippen molar-refractivity contribution in [1.29, 1.82) is 0 Å². The molecule has 0 unspecified atom stereocenters. The molecule has 0 nitrogen and oxygen atoms in total. The first kappa shape index (κ1) is 61.4. The molecular formula is C53H109Ag-3. The zero-order valence-electron chi connectivity index (χ0n) is 38.7. The maximum atomic E-state index is 3.92. The molecule has 0 N–H and O–H groups in total. The van der Waals surface area contributed by atoms with E-state index in [9.17, 15) is 0 Å². The van der Waals surface area contributed by atoms with Gasteiger partial charge in [0.1, 0.15) is 0 Å². The zero-order chi connectivity index (χ0) is 39.2. The van der Waals surface area contributed by atoms with Crippen LogP contribution in [0.5, 0.6) is 0 Å². The van der Waals surface area contributed by atoms with Crippen LogP contribution in [0.25, 0.3) is 0 Å². The molecule has 0 amide bonds. The molecule has 1 radical (unpaired) electrons.